The highest BCUT2D eigenvalue weighted by Crippen LogP contribution is 2.24. The Bertz CT molecular complexity index is 840. The Kier molecular flexibility index (Phi) is 8.80. The van der Waals surface area contributed by atoms with E-state index in [2.05, 4.69) is 5.32 Å². The van der Waals surface area contributed by atoms with E-state index in [1.54, 1.807) is 30.2 Å². The minimum absolute atomic E-state index is 0.153. The van der Waals surface area contributed by atoms with Crippen LogP contribution >= 0.6 is 23.2 Å². The van der Waals surface area contributed by atoms with E-state index in [1.165, 1.54) is 0 Å². The van der Waals surface area contributed by atoms with Crippen LogP contribution in [-0.2, 0) is 22.6 Å². The van der Waals surface area contributed by atoms with Gasteiger partial charge >= 0.3 is 0 Å². The average Bonchev–Trinajstić information content (AvgIpc) is 2.70. The molecule has 0 saturated heterocycles. The van der Waals surface area contributed by atoms with Crippen molar-refractivity contribution in [2.75, 3.05) is 13.7 Å². The van der Waals surface area contributed by atoms with Crippen LogP contribution in [0.25, 0.3) is 0 Å². The highest BCUT2D eigenvalue weighted by molar-refractivity contribution is 6.35. The van der Waals surface area contributed by atoms with Crippen molar-refractivity contribution >= 4 is 35.0 Å². The van der Waals surface area contributed by atoms with Gasteiger partial charge in [-0.25, -0.2) is 0 Å². The Hall–Kier alpha value is -2.24. The van der Waals surface area contributed by atoms with E-state index in [0.717, 1.165) is 16.9 Å². The predicted octanol–water partition coefficient (Wildman–Crippen LogP) is 4.49. The van der Waals surface area contributed by atoms with E-state index in [4.69, 9.17) is 27.9 Å². The lowest BCUT2D eigenvalue weighted by molar-refractivity contribution is -0.140. The van der Waals surface area contributed by atoms with E-state index in [9.17, 15) is 9.59 Å². The van der Waals surface area contributed by atoms with Gasteiger partial charge in [-0.05, 0) is 48.7 Å². The molecule has 2 amide bonds. The fraction of sp³-hybridized carbons (Fsp3) is 0.364. The van der Waals surface area contributed by atoms with Crippen LogP contribution in [0.4, 0.5) is 0 Å². The molecule has 0 aromatic heterocycles. The summed E-state index contributed by atoms with van der Waals surface area (Å²) in [7, 11) is 1.59. The van der Waals surface area contributed by atoms with Gasteiger partial charge in [0.15, 0.2) is 0 Å². The van der Waals surface area contributed by atoms with Gasteiger partial charge in [0, 0.05) is 23.1 Å². The zero-order chi connectivity index (χ0) is 21.4. The van der Waals surface area contributed by atoms with Crippen molar-refractivity contribution in [2.45, 2.75) is 39.3 Å². The molecule has 2 aromatic carbocycles. The summed E-state index contributed by atoms with van der Waals surface area (Å²) >= 11 is 12.3. The molecule has 0 saturated carbocycles. The Balaban J connectivity index is 2.30. The number of rotatable bonds is 9. The Labute approximate surface area is 181 Å². The summed E-state index contributed by atoms with van der Waals surface area (Å²) in [5.74, 6) is 0.391. The summed E-state index contributed by atoms with van der Waals surface area (Å²) in [6.07, 6.45) is 0.663. The second-order valence-corrected chi connectivity index (χ2v) is 7.44. The summed E-state index contributed by atoms with van der Waals surface area (Å²) in [5.41, 5.74) is 1.58. The third-order valence-electron chi connectivity index (χ3n) is 4.61. The molecule has 2 aromatic rings. The highest BCUT2D eigenvalue weighted by Gasteiger charge is 2.28. The number of hydrogen-bond acceptors (Lipinski definition) is 3. The van der Waals surface area contributed by atoms with Crippen LogP contribution < -0.4 is 10.1 Å². The van der Waals surface area contributed by atoms with Gasteiger partial charge < -0.3 is 15.0 Å². The zero-order valence-corrected chi connectivity index (χ0v) is 18.4. The van der Waals surface area contributed by atoms with Crippen LogP contribution in [-0.4, -0.2) is 36.4 Å². The monoisotopic (exact) mass is 436 g/mol. The van der Waals surface area contributed by atoms with Gasteiger partial charge in [0.1, 0.15) is 11.8 Å². The normalized spacial score (nSPS) is 11.6. The molecular formula is C22H26Cl2N2O3. The summed E-state index contributed by atoms with van der Waals surface area (Å²) in [6.45, 7) is 4.46. The first-order chi connectivity index (χ1) is 13.9. The smallest absolute Gasteiger partial charge is 0.242 e. The number of methoxy groups -OCH3 is 1. The van der Waals surface area contributed by atoms with Crippen molar-refractivity contribution in [2.24, 2.45) is 0 Å². The standard InChI is InChI=1S/C22H26Cl2N2O3/c1-4-20(22(28)25-5-2)26(14-16-8-9-17(23)13-19(16)24)21(27)12-15-6-10-18(29-3)11-7-15/h6-11,13,20H,4-5,12,14H2,1-3H3,(H,25,28)/t20-/m0/s1. The molecule has 0 bridgehead atoms. The van der Waals surface area contributed by atoms with Gasteiger partial charge in [-0.1, -0.05) is 48.3 Å². The molecule has 0 heterocycles. The van der Waals surface area contributed by atoms with Gasteiger partial charge in [0.05, 0.1) is 13.5 Å². The van der Waals surface area contributed by atoms with E-state index >= 15 is 0 Å². The second-order valence-electron chi connectivity index (χ2n) is 6.60. The molecule has 5 nitrogen and oxygen atoms in total. The van der Waals surface area contributed by atoms with Crippen molar-refractivity contribution in [1.29, 1.82) is 0 Å². The first kappa shape index (κ1) is 23.0. The van der Waals surface area contributed by atoms with E-state index in [-0.39, 0.29) is 24.8 Å². The molecule has 0 aliphatic heterocycles. The van der Waals surface area contributed by atoms with Crippen LogP contribution in [0.15, 0.2) is 42.5 Å². The van der Waals surface area contributed by atoms with Crippen molar-refractivity contribution in [3.8, 4) is 5.75 Å². The number of likely N-dealkylation sites (N-methyl/N-ethyl adjacent to an activating group) is 1. The quantitative estimate of drug-likeness (QED) is 0.629. The maximum atomic E-state index is 13.2. The van der Waals surface area contributed by atoms with E-state index < -0.39 is 6.04 Å². The summed E-state index contributed by atoms with van der Waals surface area (Å²) in [5, 5.41) is 3.80. The molecule has 1 atom stereocenters. The van der Waals surface area contributed by atoms with Crippen molar-refractivity contribution in [1.82, 2.24) is 10.2 Å². The van der Waals surface area contributed by atoms with E-state index in [0.29, 0.717) is 23.0 Å². The third-order valence-corrected chi connectivity index (χ3v) is 5.19. The van der Waals surface area contributed by atoms with Crippen LogP contribution in [0, 0.1) is 0 Å². The second kappa shape index (κ2) is 11.1. The topological polar surface area (TPSA) is 58.6 Å². The van der Waals surface area contributed by atoms with Gasteiger partial charge in [-0.3, -0.25) is 9.59 Å². The van der Waals surface area contributed by atoms with Crippen molar-refractivity contribution in [3.05, 3.63) is 63.6 Å². The lowest BCUT2D eigenvalue weighted by atomic mass is 10.1. The first-order valence-corrected chi connectivity index (χ1v) is 10.3. The fourth-order valence-electron chi connectivity index (χ4n) is 3.06. The number of carbonyl (C=O) groups excluding carboxylic acids is 2. The Morgan fingerprint density at radius 2 is 1.79 bits per heavy atom. The number of halogens is 2. The lowest BCUT2D eigenvalue weighted by Crippen LogP contribution is -2.49. The number of amides is 2. The summed E-state index contributed by atoms with van der Waals surface area (Å²) in [6, 6.07) is 11.9. The van der Waals surface area contributed by atoms with Crippen molar-refractivity contribution in [3.63, 3.8) is 0 Å². The molecule has 0 aliphatic rings. The number of carbonyl (C=O) groups is 2. The number of hydrogen-bond donors (Lipinski definition) is 1. The molecule has 0 unspecified atom stereocenters. The molecule has 0 radical (unpaired) electrons. The Morgan fingerprint density at radius 1 is 1.10 bits per heavy atom. The van der Waals surface area contributed by atoms with Crippen LogP contribution in [0.5, 0.6) is 5.75 Å². The molecule has 1 N–H and O–H groups in total. The number of ether oxygens (including phenoxy) is 1. The van der Waals surface area contributed by atoms with Gasteiger partial charge in [-0.2, -0.15) is 0 Å². The lowest BCUT2D eigenvalue weighted by Gasteiger charge is -2.31. The summed E-state index contributed by atoms with van der Waals surface area (Å²) in [4.78, 5) is 27.4. The molecule has 2 rings (SSSR count). The SMILES string of the molecule is CCNC(=O)[C@H](CC)N(Cc1ccc(Cl)cc1Cl)C(=O)Cc1ccc(OC)cc1. The van der Waals surface area contributed by atoms with Gasteiger partial charge in [-0.15, -0.1) is 0 Å². The van der Waals surface area contributed by atoms with Gasteiger partial charge in [0.2, 0.25) is 11.8 Å². The maximum Gasteiger partial charge on any atom is 0.242 e. The highest BCUT2D eigenvalue weighted by atomic mass is 35.5. The molecule has 29 heavy (non-hydrogen) atoms. The first-order valence-electron chi connectivity index (χ1n) is 9.53. The number of nitrogens with one attached hydrogen (secondary N) is 1. The fourth-order valence-corrected chi connectivity index (χ4v) is 3.53. The summed E-state index contributed by atoms with van der Waals surface area (Å²) < 4.78 is 5.16. The predicted molar refractivity (Wildman–Crippen MR) is 116 cm³/mol. The molecule has 0 fully saturated rings. The Morgan fingerprint density at radius 3 is 2.34 bits per heavy atom. The van der Waals surface area contributed by atoms with E-state index in [1.807, 2.05) is 38.1 Å². The number of nitrogens with zero attached hydrogens (tertiary/aromatic N) is 1. The largest absolute Gasteiger partial charge is 0.497 e. The van der Waals surface area contributed by atoms with Gasteiger partial charge in [0.25, 0.3) is 0 Å². The van der Waals surface area contributed by atoms with Crippen LogP contribution in [0.2, 0.25) is 10.0 Å². The minimum Gasteiger partial charge on any atom is -0.497 e. The molecule has 156 valence electrons. The van der Waals surface area contributed by atoms with Crippen LogP contribution in [0.1, 0.15) is 31.4 Å². The van der Waals surface area contributed by atoms with Crippen LogP contribution in [0.3, 0.4) is 0 Å². The molecule has 0 spiro atoms. The number of benzene rings is 2. The molecule has 0 aliphatic carbocycles. The molecular weight excluding hydrogens is 411 g/mol. The maximum absolute atomic E-state index is 13.2. The average molecular weight is 437 g/mol. The van der Waals surface area contributed by atoms with Crippen molar-refractivity contribution < 1.29 is 14.3 Å². The minimum atomic E-state index is -0.590. The zero-order valence-electron chi connectivity index (χ0n) is 16.9. The third kappa shape index (κ3) is 6.38. The molecule has 7 heteroatoms.